The lowest BCUT2D eigenvalue weighted by atomic mass is 9.78. The summed E-state index contributed by atoms with van der Waals surface area (Å²) < 4.78 is 5.67. The highest BCUT2D eigenvalue weighted by molar-refractivity contribution is 5.78. The second-order valence-electron chi connectivity index (χ2n) is 6.10. The second kappa shape index (κ2) is 4.94. The summed E-state index contributed by atoms with van der Waals surface area (Å²) in [7, 11) is 0. The van der Waals surface area contributed by atoms with E-state index in [0.717, 1.165) is 25.7 Å². The number of aryl methyl sites for hydroxylation is 1. The van der Waals surface area contributed by atoms with Crippen LogP contribution in [0.25, 0.3) is 0 Å². The summed E-state index contributed by atoms with van der Waals surface area (Å²) in [5.41, 5.74) is 2.03. The Balaban J connectivity index is 1.64. The lowest BCUT2D eigenvalue weighted by Crippen LogP contribution is -2.42. The van der Waals surface area contributed by atoms with Crippen LogP contribution in [0.2, 0.25) is 0 Å². The van der Waals surface area contributed by atoms with E-state index in [9.17, 15) is 4.79 Å². The molecule has 0 amide bonds. The molecule has 2 aliphatic carbocycles. The zero-order valence-electron chi connectivity index (χ0n) is 11.8. The predicted octanol–water partition coefficient (Wildman–Crippen LogP) is 3.48. The summed E-state index contributed by atoms with van der Waals surface area (Å²) in [5.74, 6) is 0.198. The third-order valence-electron chi connectivity index (χ3n) is 4.66. The van der Waals surface area contributed by atoms with Gasteiger partial charge in [0.1, 0.15) is 5.60 Å². The first kappa shape index (κ1) is 13.2. The van der Waals surface area contributed by atoms with Crippen molar-refractivity contribution in [2.45, 2.75) is 50.5 Å². The van der Waals surface area contributed by atoms with Crippen molar-refractivity contribution in [3.05, 3.63) is 35.4 Å². The molecule has 0 unspecified atom stereocenters. The van der Waals surface area contributed by atoms with Crippen molar-refractivity contribution in [3.8, 4) is 6.07 Å². The van der Waals surface area contributed by atoms with Crippen LogP contribution < -0.4 is 0 Å². The zero-order chi connectivity index (χ0) is 14.2. The number of nitrogens with zero attached hydrogens (tertiary/aromatic N) is 1. The largest absolute Gasteiger partial charge is 0.458 e. The van der Waals surface area contributed by atoms with Crippen LogP contribution in [0, 0.1) is 24.2 Å². The van der Waals surface area contributed by atoms with Crippen molar-refractivity contribution in [2.24, 2.45) is 5.92 Å². The Bertz CT molecular complexity index is 569. The van der Waals surface area contributed by atoms with Crippen molar-refractivity contribution in [2.75, 3.05) is 0 Å². The molecule has 0 N–H and O–H groups in total. The van der Waals surface area contributed by atoms with Gasteiger partial charge in [-0.3, -0.25) is 4.79 Å². The molecule has 0 heterocycles. The Morgan fingerprint density at radius 1 is 1.45 bits per heavy atom. The molecule has 2 aliphatic rings. The Morgan fingerprint density at radius 2 is 2.20 bits per heavy atom. The lowest BCUT2D eigenvalue weighted by molar-refractivity contribution is -0.170. The minimum Gasteiger partial charge on any atom is -0.458 e. The topological polar surface area (TPSA) is 50.1 Å². The van der Waals surface area contributed by atoms with E-state index in [1.807, 2.05) is 12.1 Å². The van der Waals surface area contributed by atoms with E-state index in [1.165, 1.54) is 11.1 Å². The first-order valence-electron chi connectivity index (χ1n) is 7.30. The van der Waals surface area contributed by atoms with Gasteiger partial charge in [0.2, 0.25) is 0 Å². The SMILES string of the molecule is Cc1ccccc1[C@@H]1C[C@@H]1C(=O)OC1(CC#N)CCC1. The van der Waals surface area contributed by atoms with Crippen molar-refractivity contribution >= 4 is 5.97 Å². The van der Waals surface area contributed by atoms with Gasteiger partial charge < -0.3 is 4.74 Å². The second-order valence-corrected chi connectivity index (χ2v) is 6.10. The van der Waals surface area contributed by atoms with Gasteiger partial charge >= 0.3 is 5.97 Å². The number of carbonyl (C=O) groups excluding carboxylic acids is 1. The van der Waals surface area contributed by atoms with Crippen LogP contribution >= 0.6 is 0 Å². The molecule has 0 radical (unpaired) electrons. The third-order valence-corrected chi connectivity index (χ3v) is 4.66. The van der Waals surface area contributed by atoms with Crippen LogP contribution in [0.3, 0.4) is 0 Å². The van der Waals surface area contributed by atoms with Crippen LogP contribution in [0.15, 0.2) is 24.3 Å². The van der Waals surface area contributed by atoms with Gasteiger partial charge in [0, 0.05) is 0 Å². The maximum Gasteiger partial charge on any atom is 0.310 e. The highest BCUT2D eigenvalue weighted by atomic mass is 16.6. The maximum atomic E-state index is 12.3. The van der Waals surface area contributed by atoms with Crippen LogP contribution in [0.4, 0.5) is 0 Å². The number of nitriles is 1. The normalized spacial score (nSPS) is 26.2. The molecule has 3 nitrogen and oxygen atoms in total. The molecule has 2 saturated carbocycles. The Kier molecular flexibility index (Phi) is 3.25. The molecule has 3 heteroatoms. The summed E-state index contributed by atoms with van der Waals surface area (Å²) in [4.78, 5) is 12.3. The summed E-state index contributed by atoms with van der Waals surface area (Å²) in [6.07, 6.45) is 3.95. The standard InChI is InChI=1S/C17H19NO2/c1-12-5-2-3-6-13(12)14-11-15(14)16(19)20-17(9-10-18)7-4-8-17/h2-3,5-6,14-15H,4,7-9,11H2,1H3/t14-,15-/m0/s1. The number of ether oxygens (including phenoxy) is 1. The average Bonchev–Trinajstić information content (AvgIpc) is 3.17. The Hall–Kier alpha value is -1.82. The molecule has 0 saturated heterocycles. The fourth-order valence-corrected chi connectivity index (χ4v) is 3.12. The average molecular weight is 269 g/mol. The fraction of sp³-hybridized carbons (Fsp3) is 0.529. The van der Waals surface area contributed by atoms with E-state index in [1.54, 1.807) is 0 Å². The molecule has 0 aromatic heterocycles. The molecule has 0 bridgehead atoms. The summed E-state index contributed by atoms with van der Waals surface area (Å²) >= 11 is 0. The number of esters is 1. The summed E-state index contributed by atoms with van der Waals surface area (Å²) in [6, 6.07) is 10.4. The number of carbonyl (C=O) groups is 1. The molecule has 1 aromatic carbocycles. The van der Waals surface area contributed by atoms with Gasteiger partial charge in [-0.1, -0.05) is 24.3 Å². The monoisotopic (exact) mass is 269 g/mol. The minimum absolute atomic E-state index is 0.00716. The molecule has 0 aliphatic heterocycles. The van der Waals surface area contributed by atoms with E-state index >= 15 is 0 Å². The Labute approximate surface area is 119 Å². The van der Waals surface area contributed by atoms with E-state index in [2.05, 4.69) is 25.1 Å². The van der Waals surface area contributed by atoms with E-state index < -0.39 is 5.60 Å². The van der Waals surface area contributed by atoms with Gasteiger partial charge in [-0.25, -0.2) is 0 Å². The van der Waals surface area contributed by atoms with Crippen LogP contribution in [-0.4, -0.2) is 11.6 Å². The number of rotatable bonds is 4. The van der Waals surface area contributed by atoms with E-state index in [0.29, 0.717) is 12.3 Å². The highest BCUT2D eigenvalue weighted by Crippen LogP contribution is 2.50. The molecule has 1 aromatic rings. The van der Waals surface area contributed by atoms with Crippen molar-refractivity contribution in [1.29, 1.82) is 5.26 Å². The zero-order valence-corrected chi connectivity index (χ0v) is 11.8. The van der Waals surface area contributed by atoms with Gasteiger partial charge in [0.25, 0.3) is 0 Å². The highest BCUT2D eigenvalue weighted by Gasteiger charge is 2.49. The third kappa shape index (κ3) is 2.31. The molecule has 0 spiro atoms. The fourth-order valence-electron chi connectivity index (χ4n) is 3.12. The number of benzene rings is 1. The quantitative estimate of drug-likeness (QED) is 0.786. The van der Waals surface area contributed by atoms with E-state index in [4.69, 9.17) is 10.00 Å². The molecule has 2 fully saturated rings. The van der Waals surface area contributed by atoms with Gasteiger partial charge in [-0.2, -0.15) is 5.26 Å². The summed E-state index contributed by atoms with van der Waals surface area (Å²) in [6.45, 7) is 2.08. The first-order valence-corrected chi connectivity index (χ1v) is 7.30. The van der Waals surface area contributed by atoms with Gasteiger partial charge in [0.05, 0.1) is 18.4 Å². The van der Waals surface area contributed by atoms with Crippen molar-refractivity contribution in [3.63, 3.8) is 0 Å². The Morgan fingerprint density at radius 3 is 2.80 bits per heavy atom. The molecule has 3 rings (SSSR count). The number of hydrogen-bond donors (Lipinski definition) is 0. The molecule has 104 valence electrons. The molecule has 2 atom stereocenters. The minimum atomic E-state index is -0.468. The van der Waals surface area contributed by atoms with E-state index in [-0.39, 0.29) is 11.9 Å². The smallest absolute Gasteiger partial charge is 0.310 e. The predicted molar refractivity (Wildman–Crippen MR) is 74.9 cm³/mol. The molecule has 20 heavy (non-hydrogen) atoms. The van der Waals surface area contributed by atoms with Gasteiger partial charge in [0.15, 0.2) is 0 Å². The van der Waals surface area contributed by atoms with Crippen molar-refractivity contribution < 1.29 is 9.53 Å². The van der Waals surface area contributed by atoms with Crippen LogP contribution in [-0.2, 0) is 9.53 Å². The van der Waals surface area contributed by atoms with Gasteiger partial charge in [-0.05, 0) is 49.7 Å². The molecular weight excluding hydrogens is 250 g/mol. The lowest BCUT2D eigenvalue weighted by Gasteiger charge is -2.39. The van der Waals surface area contributed by atoms with Gasteiger partial charge in [-0.15, -0.1) is 0 Å². The van der Waals surface area contributed by atoms with Crippen LogP contribution in [0.1, 0.15) is 49.1 Å². The van der Waals surface area contributed by atoms with Crippen molar-refractivity contribution in [1.82, 2.24) is 0 Å². The maximum absolute atomic E-state index is 12.3. The van der Waals surface area contributed by atoms with Crippen LogP contribution in [0.5, 0.6) is 0 Å². The first-order chi connectivity index (χ1) is 9.65. The number of hydrogen-bond acceptors (Lipinski definition) is 3. The molecular formula is C17H19NO2. The summed E-state index contributed by atoms with van der Waals surface area (Å²) in [5, 5.41) is 8.86.